The van der Waals surface area contributed by atoms with E-state index < -0.39 is 18.3 Å². The average molecular weight is 271 g/mol. The lowest BCUT2D eigenvalue weighted by molar-refractivity contribution is -0.187. The van der Waals surface area contributed by atoms with E-state index in [-0.39, 0.29) is 23.7 Å². The number of carbonyl (C=O) groups is 2. The van der Waals surface area contributed by atoms with Crippen LogP contribution in [0.15, 0.2) is 0 Å². The number of cyclic esters (lactones) is 1. The summed E-state index contributed by atoms with van der Waals surface area (Å²) in [7, 11) is 0. The summed E-state index contributed by atoms with van der Waals surface area (Å²) in [6.45, 7) is 9.40. The smallest absolute Gasteiger partial charge is 0.332 e. The Morgan fingerprint density at radius 2 is 2.00 bits per heavy atom. The molecule has 1 heterocycles. The van der Waals surface area contributed by atoms with Gasteiger partial charge < -0.3 is 10.5 Å². The Labute approximate surface area is 114 Å². The summed E-state index contributed by atoms with van der Waals surface area (Å²) in [4.78, 5) is 24.4. The van der Waals surface area contributed by atoms with Crippen molar-refractivity contribution in [1.29, 1.82) is 0 Å². The van der Waals surface area contributed by atoms with Crippen molar-refractivity contribution < 1.29 is 14.3 Å². The van der Waals surface area contributed by atoms with Crippen molar-refractivity contribution in [1.82, 2.24) is 10.4 Å². The van der Waals surface area contributed by atoms with E-state index in [1.165, 1.54) is 5.01 Å². The van der Waals surface area contributed by atoms with E-state index >= 15 is 0 Å². The number of rotatable bonds is 4. The van der Waals surface area contributed by atoms with Gasteiger partial charge in [0.15, 0.2) is 6.23 Å². The molecule has 0 aliphatic carbocycles. The molecule has 6 nitrogen and oxygen atoms in total. The highest BCUT2D eigenvalue weighted by atomic mass is 16.6. The number of hydrogen-bond acceptors (Lipinski definition) is 5. The second-order valence-corrected chi connectivity index (χ2v) is 5.63. The van der Waals surface area contributed by atoms with Crippen LogP contribution in [0.5, 0.6) is 0 Å². The summed E-state index contributed by atoms with van der Waals surface area (Å²) >= 11 is 0. The maximum atomic E-state index is 12.4. The predicted octanol–water partition coefficient (Wildman–Crippen LogP) is 0.620. The molecule has 1 amide bonds. The van der Waals surface area contributed by atoms with E-state index in [0.29, 0.717) is 6.42 Å². The van der Waals surface area contributed by atoms with Crippen LogP contribution in [0.2, 0.25) is 0 Å². The molecule has 19 heavy (non-hydrogen) atoms. The quantitative estimate of drug-likeness (QED) is 0.732. The molecular formula is C13H25N3O3. The minimum atomic E-state index is -0.628. The summed E-state index contributed by atoms with van der Waals surface area (Å²) in [6.07, 6.45) is 0.128. The molecule has 0 aromatic rings. The van der Waals surface area contributed by atoms with Gasteiger partial charge in [-0.3, -0.25) is 9.80 Å². The van der Waals surface area contributed by atoms with Gasteiger partial charge in [-0.1, -0.05) is 34.6 Å². The second kappa shape index (κ2) is 6.34. The molecule has 0 spiro atoms. The summed E-state index contributed by atoms with van der Waals surface area (Å²) in [6, 6.07) is -1.25. The van der Waals surface area contributed by atoms with Crippen molar-refractivity contribution in [3.63, 3.8) is 0 Å². The Morgan fingerprint density at radius 3 is 2.42 bits per heavy atom. The van der Waals surface area contributed by atoms with Crippen LogP contribution < -0.4 is 11.2 Å². The number of carbonyl (C=O) groups excluding carboxylic acids is 2. The van der Waals surface area contributed by atoms with E-state index in [9.17, 15) is 9.59 Å². The molecule has 0 bridgehead atoms. The SMILES string of the molecule is CCC1NN(C(=O)[C@H](N)C(C)C)[C@@H](C(C)C)C(=O)O1. The van der Waals surface area contributed by atoms with Crippen molar-refractivity contribution in [2.24, 2.45) is 17.6 Å². The largest absolute Gasteiger partial charge is 0.443 e. The van der Waals surface area contributed by atoms with Gasteiger partial charge in [-0.15, -0.1) is 0 Å². The van der Waals surface area contributed by atoms with Crippen LogP contribution in [0.3, 0.4) is 0 Å². The molecule has 1 unspecified atom stereocenters. The third kappa shape index (κ3) is 3.45. The topological polar surface area (TPSA) is 84.7 Å². The van der Waals surface area contributed by atoms with Crippen LogP contribution in [0, 0.1) is 11.8 Å². The number of esters is 1. The molecule has 0 aromatic carbocycles. The molecular weight excluding hydrogens is 246 g/mol. The Hall–Kier alpha value is -1.14. The minimum absolute atomic E-state index is 0.0140. The highest BCUT2D eigenvalue weighted by Gasteiger charge is 2.42. The predicted molar refractivity (Wildman–Crippen MR) is 71.6 cm³/mol. The van der Waals surface area contributed by atoms with Gasteiger partial charge in [0.25, 0.3) is 5.91 Å². The van der Waals surface area contributed by atoms with Crippen LogP contribution in [0.1, 0.15) is 41.0 Å². The van der Waals surface area contributed by atoms with Crippen molar-refractivity contribution >= 4 is 11.9 Å². The van der Waals surface area contributed by atoms with Gasteiger partial charge in [-0.25, -0.2) is 4.79 Å². The summed E-state index contributed by atoms with van der Waals surface area (Å²) < 4.78 is 5.25. The second-order valence-electron chi connectivity index (χ2n) is 5.63. The molecule has 1 fully saturated rings. The highest BCUT2D eigenvalue weighted by Crippen LogP contribution is 2.19. The Balaban J connectivity index is 2.96. The zero-order valence-corrected chi connectivity index (χ0v) is 12.3. The fourth-order valence-corrected chi connectivity index (χ4v) is 1.97. The van der Waals surface area contributed by atoms with Crippen LogP contribution in [0.25, 0.3) is 0 Å². The summed E-state index contributed by atoms with van der Waals surface area (Å²) in [5.41, 5.74) is 8.86. The van der Waals surface area contributed by atoms with Gasteiger partial charge in [0.1, 0.15) is 6.04 Å². The first-order valence-electron chi connectivity index (χ1n) is 6.84. The maximum absolute atomic E-state index is 12.4. The highest BCUT2D eigenvalue weighted by molar-refractivity contribution is 5.88. The maximum Gasteiger partial charge on any atom is 0.332 e. The lowest BCUT2D eigenvalue weighted by atomic mass is 9.99. The molecule has 110 valence electrons. The Bertz CT molecular complexity index is 344. The molecule has 6 heteroatoms. The Kier molecular flexibility index (Phi) is 5.31. The van der Waals surface area contributed by atoms with Crippen molar-refractivity contribution in [3.8, 4) is 0 Å². The summed E-state index contributed by atoms with van der Waals surface area (Å²) in [5, 5.41) is 1.37. The zero-order valence-electron chi connectivity index (χ0n) is 12.3. The molecule has 0 saturated carbocycles. The van der Waals surface area contributed by atoms with Gasteiger partial charge >= 0.3 is 5.97 Å². The van der Waals surface area contributed by atoms with Gasteiger partial charge in [0, 0.05) is 0 Å². The fraction of sp³-hybridized carbons (Fsp3) is 0.846. The Morgan fingerprint density at radius 1 is 1.42 bits per heavy atom. The molecule has 3 N–H and O–H groups in total. The summed E-state index contributed by atoms with van der Waals surface area (Å²) in [5.74, 6) is -0.657. The lowest BCUT2D eigenvalue weighted by Gasteiger charge is -2.41. The molecule has 1 aliphatic heterocycles. The number of nitrogens with two attached hydrogens (primary N) is 1. The molecule has 1 rings (SSSR count). The van der Waals surface area contributed by atoms with E-state index in [4.69, 9.17) is 10.5 Å². The van der Waals surface area contributed by atoms with Crippen molar-refractivity contribution in [2.45, 2.75) is 59.4 Å². The van der Waals surface area contributed by atoms with Crippen molar-refractivity contribution in [3.05, 3.63) is 0 Å². The molecule has 1 aliphatic rings. The number of amides is 1. The van der Waals surface area contributed by atoms with Crippen LogP contribution in [0.4, 0.5) is 0 Å². The zero-order chi connectivity index (χ0) is 14.7. The van der Waals surface area contributed by atoms with E-state index in [0.717, 1.165) is 0 Å². The molecule has 3 atom stereocenters. The molecule has 1 saturated heterocycles. The van der Waals surface area contributed by atoms with Gasteiger partial charge in [0.05, 0.1) is 6.04 Å². The van der Waals surface area contributed by atoms with Crippen LogP contribution >= 0.6 is 0 Å². The van der Waals surface area contributed by atoms with E-state index in [1.54, 1.807) is 0 Å². The van der Waals surface area contributed by atoms with Gasteiger partial charge in [-0.2, -0.15) is 5.43 Å². The number of nitrogens with one attached hydrogen (secondary N) is 1. The fourth-order valence-electron chi connectivity index (χ4n) is 1.97. The first kappa shape index (κ1) is 15.9. The van der Waals surface area contributed by atoms with Crippen molar-refractivity contribution in [2.75, 3.05) is 0 Å². The number of hydrogen-bond donors (Lipinski definition) is 2. The standard InChI is InChI=1S/C13H25N3O3/c1-6-9-15-16(12(17)10(14)7(2)3)11(8(4)5)13(18)19-9/h7-11,15H,6,14H2,1-5H3/t9?,10-,11+/m1/s1. The number of nitrogens with zero attached hydrogens (tertiary/aromatic N) is 1. The monoisotopic (exact) mass is 271 g/mol. The average Bonchev–Trinajstić information content (AvgIpc) is 2.35. The third-order valence-corrected chi connectivity index (χ3v) is 3.30. The minimum Gasteiger partial charge on any atom is -0.443 e. The van der Waals surface area contributed by atoms with Gasteiger partial charge in [-0.05, 0) is 18.3 Å². The van der Waals surface area contributed by atoms with Gasteiger partial charge in [0.2, 0.25) is 0 Å². The third-order valence-electron chi connectivity index (χ3n) is 3.30. The lowest BCUT2D eigenvalue weighted by Crippen LogP contribution is -2.66. The molecule has 0 radical (unpaired) electrons. The first-order valence-corrected chi connectivity index (χ1v) is 6.84. The molecule has 0 aromatic heterocycles. The van der Waals surface area contributed by atoms with Crippen LogP contribution in [-0.4, -0.2) is 35.2 Å². The first-order chi connectivity index (χ1) is 8.79. The number of ether oxygens (including phenoxy) is 1. The normalized spacial score (nSPS) is 25.7. The van der Waals surface area contributed by atoms with E-state index in [1.807, 2.05) is 34.6 Å². The van der Waals surface area contributed by atoms with Crippen LogP contribution in [-0.2, 0) is 14.3 Å². The van der Waals surface area contributed by atoms with E-state index in [2.05, 4.69) is 5.43 Å². The number of hydrazine groups is 1.